The largest absolute Gasteiger partial charge is 0.507 e. The number of carbonyl (C=O) groups is 1. The van der Waals surface area contributed by atoms with Gasteiger partial charge in [0.2, 0.25) is 0 Å². The molecule has 0 saturated carbocycles. The molecule has 0 saturated heterocycles. The van der Waals surface area contributed by atoms with E-state index >= 15 is 0 Å². The lowest BCUT2D eigenvalue weighted by Crippen LogP contribution is -2.84. The summed E-state index contributed by atoms with van der Waals surface area (Å²) < 4.78 is 24.2. The van der Waals surface area contributed by atoms with Crippen LogP contribution >= 0.6 is 0 Å². The molecule has 0 fully saturated rings. The molecule has 1 heterocycles. The minimum Gasteiger partial charge on any atom is -0.507 e. The molecule has 1 aromatic rings. The van der Waals surface area contributed by atoms with Crippen molar-refractivity contribution in [2.75, 3.05) is 19.9 Å². The van der Waals surface area contributed by atoms with Crippen LogP contribution in [0.1, 0.15) is 30.0 Å². The van der Waals surface area contributed by atoms with Crippen molar-refractivity contribution in [1.82, 2.24) is 0 Å². The van der Waals surface area contributed by atoms with Gasteiger partial charge in [0.15, 0.2) is 9.84 Å². The quantitative estimate of drug-likeness (QED) is 0.606. The molecule has 3 N–H and O–H groups in total. The molecule has 1 aromatic carbocycles. The molecule has 1 amide bonds. The third kappa shape index (κ3) is 3.34. The van der Waals surface area contributed by atoms with E-state index in [4.69, 9.17) is 4.84 Å². The number of aliphatic hydroxyl groups excluding tert-OH is 1. The first-order valence-electron chi connectivity index (χ1n) is 7.45. The fourth-order valence-corrected chi connectivity index (χ4v) is 3.59. The number of sulfone groups is 1. The molecule has 8 heteroatoms. The molecule has 7 nitrogen and oxygen atoms in total. The van der Waals surface area contributed by atoms with Crippen molar-refractivity contribution < 1.29 is 28.5 Å². The van der Waals surface area contributed by atoms with Crippen molar-refractivity contribution >= 4 is 27.2 Å². The molecular formula is C16H21N2O5S+. The number of likely N-dealkylation sites (N-methyl/N-ethyl adjacent to an activating group) is 1. The molecular weight excluding hydrogens is 332 g/mol. The van der Waals surface area contributed by atoms with Crippen LogP contribution in [-0.2, 0) is 19.5 Å². The number of quaternary nitrogens is 1. The summed E-state index contributed by atoms with van der Waals surface area (Å²) in [4.78, 5) is 16.9. The molecule has 1 aliphatic heterocycles. The summed E-state index contributed by atoms with van der Waals surface area (Å²) in [5.41, 5.74) is 2.10. The van der Waals surface area contributed by atoms with Crippen LogP contribution in [0.2, 0.25) is 0 Å². The van der Waals surface area contributed by atoms with Crippen molar-refractivity contribution in [2.45, 2.75) is 25.2 Å². The van der Waals surface area contributed by atoms with E-state index in [0.717, 1.165) is 6.26 Å². The zero-order valence-corrected chi connectivity index (χ0v) is 14.9. The van der Waals surface area contributed by atoms with Gasteiger partial charge in [0, 0.05) is 23.8 Å². The van der Waals surface area contributed by atoms with Crippen LogP contribution in [0.4, 0.5) is 0 Å². The topological polar surface area (TPSA) is 110 Å². The van der Waals surface area contributed by atoms with Gasteiger partial charge in [0.1, 0.15) is 12.4 Å². The van der Waals surface area contributed by atoms with Gasteiger partial charge in [0.05, 0.1) is 23.2 Å². The monoisotopic (exact) mass is 353 g/mol. The maximum absolute atomic E-state index is 12.1. The molecule has 0 atom stereocenters. The number of nitrogens with zero attached hydrogens (tertiary/aromatic N) is 1. The third-order valence-electron chi connectivity index (χ3n) is 3.96. The first kappa shape index (κ1) is 18.2. The van der Waals surface area contributed by atoms with E-state index in [1.807, 2.05) is 0 Å². The Kier molecular flexibility index (Phi) is 5.10. The SMILES string of the molecule is C[NH2+]C(=O)C(C)=C(O)c1ccc(S(C)(=O)=O)c(C2=NOCC2)c1C. The van der Waals surface area contributed by atoms with Gasteiger partial charge in [-0.3, -0.25) is 5.32 Å². The normalized spacial score (nSPS) is 15.6. The van der Waals surface area contributed by atoms with Crippen molar-refractivity contribution in [3.05, 3.63) is 34.4 Å². The zero-order chi connectivity index (χ0) is 18.1. The Morgan fingerprint density at radius 2 is 2.04 bits per heavy atom. The number of rotatable bonds is 4. The Morgan fingerprint density at radius 1 is 1.38 bits per heavy atom. The van der Waals surface area contributed by atoms with Gasteiger partial charge in [-0.2, -0.15) is 0 Å². The van der Waals surface area contributed by atoms with Crippen molar-refractivity contribution in [1.29, 1.82) is 0 Å². The maximum Gasteiger partial charge on any atom is 0.341 e. The molecule has 0 aromatic heterocycles. The molecule has 0 spiro atoms. The highest BCUT2D eigenvalue weighted by atomic mass is 32.2. The number of benzene rings is 1. The Balaban J connectivity index is 2.75. The van der Waals surface area contributed by atoms with E-state index in [1.54, 1.807) is 14.0 Å². The lowest BCUT2D eigenvalue weighted by molar-refractivity contribution is -0.535. The second-order valence-electron chi connectivity index (χ2n) is 5.63. The van der Waals surface area contributed by atoms with Crippen LogP contribution in [0.15, 0.2) is 27.8 Å². The standard InChI is InChI=1S/C16H20N2O5S/c1-9-11(15(19)10(2)16(20)17-3)5-6-13(24(4,21)22)14(9)12-7-8-23-18-12/h5-6,19H,7-8H2,1-4H3,(H,17,20)/p+1. The van der Waals surface area contributed by atoms with E-state index in [2.05, 4.69) is 5.16 Å². The number of nitrogens with two attached hydrogens (primary N) is 1. The first-order valence-corrected chi connectivity index (χ1v) is 9.34. The van der Waals surface area contributed by atoms with E-state index in [-0.39, 0.29) is 22.1 Å². The average molecular weight is 353 g/mol. The highest BCUT2D eigenvalue weighted by molar-refractivity contribution is 7.90. The van der Waals surface area contributed by atoms with Crippen LogP contribution in [0, 0.1) is 6.92 Å². The van der Waals surface area contributed by atoms with E-state index < -0.39 is 9.84 Å². The number of primary amides is 1. The third-order valence-corrected chi connectivity index (χ3v) is 5.10. The number of hydrogen-bond donors (Lipinski definition) is 2. The van der Waals surface area contributed by atoms with Crippen LogP contribution in [0.3, 0.4) is 0 Å². The van der Waals surface area contributed by atoms with E-state index in [0.29, 0.717) is 35.4 Å². The van der Waals surface area contributed by atoms with Gasteiger partial charge in [0.25, 0.3) is 0 Å². The number of oxime groups is 1. The molecule has 1 aliphatic rings. The van der Waals surface area contributed by atoms with Gasteiger partial charge in [-0.05, 0) is 31.5 Å². The van der Waals surface area contributed by atoms with Crippen LogP contribution in [0.5, 0.6) is 0 Å². The fourth-order valence-electron chi connectivity index (χ4n) is 2.63. The molecule has 130 valence electrons. The molecule has 0 aliphatic carbocycles. The predicted molar refractivity (Wildman–Crippen MR) is 89.5 cm³/mol. The maximum atomic E-state index is 12.1. The summed E-state index contributed by atoms with van der Waals surface area (Å²) in [5, 5.41) is 15.7. The summed E-state index contributed by atoms with van der Waals surface area (Å²) in [6.07, 6.45) is 1.61. The zero-order valence-electron chi connectivity index (χ0n) is 14.1. The van der Waals surface area contributed by atoms with Crippen LogP contribution in [-0.4, -0.2) is 45.1 Å². The van der Waals surface area contributed by atoms with Crippen molar-refractivity contribution in [2.24, 2.45) is 5.16 Å². The summed E-state index contributed by atoms with van der Waals surface area (Å²) >= 11 is 0. The van der Waals surface area contributed by atoms with Crippen molar-refractivity contribution in [3.8, 4) is 0 Å². The smallest absolute Gasteiger partial charge is 0.341 e. The van der Waals surface area contributed by atoms with Crippen molar-refractivity contribution in [3.63, 3.8) is 0 Å². The number of amides is 1. The van der Waals surface area contributed by atoms with Gasteiger partial charge in [-0.1, -0.05) is 5.16 Å². The highest BCUT2D eigenvalue weighted by Gasteiger charge is 2.26. The lowest BCUT2D eigenvalue weighted by Gasteiger charge is -2.15. The summed E-state index contributed by atoms with van der Waals surface area (Å²) in [6, 6.07) is 2.94. The Labute approximate surface area is 140 Å². The Morgan fingerprint density at radius 3 is 2.54 bits per heavy atom. The highest BCUT2D eigenvalue weighted by Crippen LogP contribution is 2.30. The summed E-state index contributed by atoms with van der Waals surface area (Å²) in [5.74, 6) is -0.460. The van der Waals surface area contributed by atoms with Gasteiger partial charge in [-0.25, -0.2) is 13.2 Å². The van der Waals surface area contributed by atoms with E-state index in [9.17, 15) is 18.3 Å². The minimum atomic E-state index is -3.48. The lowest BCUT2D eigenvalue weighted by atomic mass is 9.95. The Bertz CT molecular complexity index is 853. The van der Waals surface area contributed by atoms with Crippen LogP contribution < -0.4 is 5.32 Å². The van der Waals surface area contributed by atoms with Gasteiger partial charge >= 0.3 is 5.91 Å². The van der Waals surface area contributed by atoms with Gasteiger partial charge < -0.3 is 9.94 Å². The Hall–Kier alpha value is -2.19. The minimum absolute atomic E-state index is 0.131. The van der Waals surface area contributed by atoms with E-state index in [1.165, 1.54) is 24.4 Å². The second-order valence-corrected chi connectivity index (χ2v) is 7.62. The summed E-state index contributed by atoms with van der Waals surface area (Å²) in [6.45, 7) is 3.60. The molecule has 0 radical (unpaired) electrons. The number of carbonyl (C=O) groups excluding carboxylic acids is 1. The molecule has 2 rings (SSSR count). The second kappa shape index (κ2) is 6.74. The first-order chi connectivity index (χ1) is 11.2. The molecule has 0 unspecified atom stereocenters. The molecule has 24 heavy (non-hydrogen) atoms. The molecule has 0 bridgehead atoms. The average Bonchev–Trinajstić information content (AvgIpc) is 3.05. The fraction of sp³-hybridized carbons (Fsp3) is 0.375. The number of aliphatic hydroxyl groups is 1. The van der Waals surface area contributed by atoms with Crippen LogP contribution in [0.25, 0.3) is 5.76 Å². The number of hydrogen-bond acceptors (Lipinski definition) is 6. The predicted octanol–water partition coefficient (Wildman–Crippen LogP) is 0.532. The summed E-state index contributed by atoms with van der Waals surface area (Å²) in [7, 11) is -1.89. The van der Waals surface area contributed by atoms with Gasteiger partial charge in [-0.15, -0.1) is 0 Å².